The first kappa shape index (κ1) is 14.0. The molecule has 2 N–H and O–H groups in total. The summed E-state index contributed by atoms with van der Waals surface area (Å²) in [7, 11) is -1.72. The highest BCUT2D eigenvalue weighted by atomic mass is 32.2. The quantitative estimate of drug-likeness (QED) is 0.717. The first-order valence-electron chi connectivity index (χ1n) is 5.42. The van der Waals surface area contributed by atoms with Gasteiger partial charge in [-0.3, -0.25) is 0 Å². The smallest absolute Gasteiger partial charge is 0.240 e. The lowest BCUT2D eigenvalue weighted by Crippen LogP contribution is -2.23. The Labute approximate surface area is 102 Å². The van der Waals surface area contributed by atoms with E-state index < -0.39 is 10.0 Å². The first-order valence-corrected chi connectivity index (χ1v) is 6.91. The van der Waals surface area contributed by atoms with Gasteiger partial charge in [0.15, 0.2) is 0 Å². The highest BCUT2D eigenvalue weighted by Gasteiger charge is 2.11. The van der Waals surface area contributed by atoms with Gasteiger partial charge in [0.25, 0.3) is 0 Å². The van der Waals surface area contributed by atoms with Crippen LogP contribution in [0.4, 0.5) is 5.69 Å². The highest BCUT2D eigenvalue weighted by Crippen LogP contribution is 2.13. The maximum Gasteiger partial charge on any atom is 0.240 e. The van der Waals surface area contributed by atoms with Gasteiger partial charge >= 0.3 is 0 Å². The van der Waals surface area contributed by atoms with E-state index in [4.69, 9.17) is 4.74 Å². The van der Waals surface area contributed by atoms with Crippen molar-refractivity contribution in [3.8, 4) is 0 Å². The number of nitrogens with one attached hydrogen (secondary N) is 2. The van der Waals surface area contributed by atoms with Crippen LogP contribution in [0.1, 0.15) is 6.92 Å². The average Bonchev–Trinajstić information content (AvgIpc) is 2.30. The highest BCUT2D eigenvalue weighted by molar-refractivity contribution is 7.89. The van der Waals surface area contributed by atoms with Gasteiger partial charge in [-0.2, -0.15) is 0 Å². The summed E-state index contributed by atoms with van der Waals surface area (Å²) in [5.41, 5.74) is 0.873. The zero-order valence-electron chi connectivity index (χ0n) is 10.1. The fourth-order valence-corrected chi connectivity index (χ4v) is 2.36. The van der Waals surface area contributed by atoms with Crippen molar-refractivity contribution in [2.24, 2.45) is 0 Å². The summed E-state index contributed by atoms with van der Waals surface area (Å²) < 4.78 is 30.7. The van der Waals surface area contributed by atoms with Crippen molar-refractivity contribution in [3.63, 3.8) is 0 Å². The molecule has 0 saturated heterocycles. The summed E-state index contributed by atoms with van der Waals surface area (Å²) in [5, 5.41) is 3.12. The number of ether oxygens (including phenoxy) is 1. The van der Waals surface area contributed by atoms with Gasteiger partial charge in [-0.05, 0) is 24.3 Å². The lowest BCUT2D eigenvalue weighted by molar-refractivity contribution is 0.211. The molecule has 17 heavy (non-hydrogen) atoms. The van der Waals surface area contributed by atoms with Gasteiger partial charge in [0.05, 0.1) is 11.5 Å². The first-order chi connectivity index (χ1) is 8.10. The fourth-order valence-electron chi connectivity index (χ4n) is 1.32. The third kappa shape index (κ3) is 4.33. The minimum Gasteiger partial charge on any atom is -0.383 e. The Balaban J connectivity index is 2.68. The van der Waals surface area contributed by atoms with Crippen molar-refractivity contribution in [2.45, 2.75) is 11.8 Å². The number of sulfonamides is 1. The maximum atomic E-state index is 11.7. The van der Waals surface area contributed by atoms with Crippen LogP contribution < -0.4 is 10.0 Å². The lowest BCUT2D eigenvalue weighted by Gasteiger charge is -2.07. The summed E-state index contributed by atoms with van der Waals surface area (Å²) >= 11 is 0. The standard InChI is InChI=1S/C11H18N2O3S/c1-3-13-17(14,15)11-6-4-10(5-7-11)12-8-9-16-2/h4-7,12-13H,3,8-9H2,1-2H3. The summed E-state index contributed by atoms with van der Waals surface area (Å²) in [5.74, 6) is 0. The predicted molar refractivity (Wildman–Crippen MR) is 67.7 cm³/mol. The van der Waals surface area contributed by atoms with Crippen LogP contribution in [-0.4, -0.2) is 35.2 Å². The zero-order chi connectivity index (χ0) is 12.7. The van der Waals surface area contributed by atoms with Gasteiger partial charge in [-0.1, -0.05) is 6.92 Å². The Morgan fingerprint density at radius 2 is 1.88 bits per heavy atom. The van der Waals surface area contributed by atoms with Crippen LogP contribution in [0.25, 0.3) is 0 Å². The van der Waals surface area contributed by atoms with Crippen molar-refractivity contribution in [2.75, 3.05) is 32.1 Å². The molecule has 0 bridgehead atoms. The average molecular weight is 258 g/mol. The SMILES string of the molecule is CCNS(=O)(=O)c1ccc(NCCOC)cc1. The second-order valence-electron chi connectivity index (χ2n) is 3.45. The van der Waals surface area contributed by atoms with Crippen LogP contribution in [0.15, 0.2) is 29.2 Å². The van der Waals surface area contributed by atoms with E-state index in [9.17, 15) is 8.42 Å². The molecule has 0 radical (unpaired) electrons. The van der Waals surface area contributed by atoms with Crippen molar-refractivity contribution >= 4 is 15.7 Å². The third-order valence-electron chi connectivity index (χ3n) is 2.13. The fraction of sp³-hybridized carbons (Fsp3) is 0.455. The molecule has 0 aliphatic carbocycles. The molecule has 0 aromatic heterocycles. The predicted octanol–water partition coefficient (Wildman–Crippen LogP) is 1.04. The van der Waals surface area contributed by atoms with Crippen LogP contribution >= 0.6 is 0 Å². The molecule has 96 valence electrons. The molecule has 5 nitrogen and oxygen atoms in total. The number of benzene rings is 1. The van der Waals surface area contributed by atoms with Gasteiger partial charge in [0.2, 0.25) is 10.0 Å². The van der Waals surface area contributed by atoms with Crippen LogP contribution in [0.5, 0.6) is 0 Å². The molecule has 0 aliphatic rings. The van der Waals surface area contributed by atoms with E-state index in [0.29, 0.717) is 19.7 Å². The molecule has 0 saturated carbocycles. The summed E-state index contributed by atoms with van der Waals surface area (Å²) in [6.45, 7) is 3.43. The monoisotopic (exact) mass is 258 g/mol. The van der Waals surface area contributed by atoms with Crippen molar-refractivity contribution in [1.29, 1.82) is 0 Å². The summed E-state index contributed by atoms with van der Waals surface area (Å²) in [6, 6.07) is 6.63. The Bertz CT molecular complexity index is 429. The number of hydrogen-bond donors (Lipinski definition) is 2. The minimum atomic E-state index is -3.35. The zero-order valence-corrected chi connectivity index (χ0v) is 10.9. The number of methoxy groups -OCH3 is 1. The van der Waals surface area contributed by atoms with E-state index in [0.717, 1.165) is 5.69 Å². The summed E-state index contributed by atoms with van der Waals surface area (Å²) in [4.78, 5) is 0.275. The molecule has 0 amide bonds. The molecule has 0 aliphatic heterocycles. The maximum absolute atomic E-state index is 11.7. The Morgan fingerprint density at radius 3 is 2.41 bits per heavy atom. The van der Waals surface area contributed by atoms with Crippen molar-refractivity contribution in [1.82, 2.24) is 4.72 Å². The van der Waals surface area contributed by atoms with Crippen LogP contribution in [0, 0.1) is 0 Å². The van der Waals surface area contributed by atoms with E-state index in [2.05, 4.69) is 10.0 Å². The number of anilines is 1. The van der Waals surface area contributed by atoms with E-state index in [1.54, 1.807) is 38.3 Å². The van der Waals surface area contributed by atoms with Crippen LogP contribution in [0.2, 0.25) is 0 Å². The van der Waals surface area contributed by atoms with E-state index in [-0.39, 0.29) is 4.90 Å². The molecule has 0 atom stereocenters. The van der Waals surface area contributed by atoms with Gasteiger partial charge in [0, 0.05) is 25.9 Å². The Hall–Kier alpha value is -1.11. The molecular weight excluding hydrogens is 240 g/mol. The second-order valence-corrected chi connectivity index (χ2v) is 5.21. The minimum absolute atomic E-state index is 0.275. The molecular formula is C11H18N2O3S. The molecule has 6 heteroatoms. The number of rotatable bonds is 7. The van der Waals surface area contributed by atoms with Gasteiger partial charge < -0.3 is 10.1 Å². The second kappa shape index (κ2) is 6.58. The molecule has 0 heterocycles. The largest absolute Gasteiger partial charge is 0.383 e. The van der Waals surface area contributed by atoms with Gasteiger partial charge in [0.1, 0.15) is 0 Å². The van der Waals surface area contributed by atoms with E-state index in [1.807, 2.05) is 0 Å². The third-order valence-corrected chi connectivity index (χ3v) is 3.70. The molecule has 1 aromatic rings. The molecule has 0 fully saturated rings. The Kier molecular flexibility index (Phi) is 5.40. The van der Waals surface area contributed by atoms with Crippen molar-refractivity contribution in [3.05, 3.63) is 24.3 Å². The van der Waals surface area contributed by atoms with E-state index >= 15 is 0 Å². The van der Waals surface area contributed by atoms with Gasteiger partial charge in [-0.25, -0.2) is 13.1 Å². The van der Waals surface area contributed by atoms with Crippen molar-refractivity contribution < 1.29 is 13.2 Å². The Morgan fingerprint density at radius 1 is 1.24 bits per heavy atom. The number of hydrogen-bond acceptors (Lipinski definition) is 4. The summed E-state index contributed by atoms with van der Waals surface area (Å²) in [6.07, 6.45) is 0. The van der Waals surface area contributed by atoms with Gasteiger partial charge in [-0.15, -0.1) is 0 Å². The van der Waals surface area contributed by atoms with E-state index in [1.165, 1.54) is 0 Å². The molecule has 1 rings (SSSR count). The molecule has 0 unspecified atom stereocenters. The topological polar surface area (TPSA) is 67.4 Å². The normalized spacial score (nSPS) is 11.4. The molecule has 0 spiro atoms. The van der Waals surface area contributed by atoms with Crippen LogP contribution in [-0.2, 0) is 14.8 Å². The molecule has 1 aromatic carbocycles. The lowest BCUT2D eigenvalue weighted by atomic mass is 10.3. The van der Waals surface area contributed by atoms with Crippen LogP contribution in [0.3, 0.4) is 0 Å².